The number of allylic oxidation sites excluding steroid dienone is 1. The second kappa shape index (κ2) is 11.0. The Morgan fingerprint density at radius 2 is 1.73 bits per heavy atom. The zero-order chi connectivity index (χ0) is 24.0. The number of hydrogen-bond donors (Lipinski definition) is 1. The number of esters is 1. The van der Waals surface area contributed by atoms with Gasteiger partial charge < -0.3 is 29.0 Å². The van der Waals surface area contributed by atoms with Crippen LogP contribution in [-0.4, -0.2) is 52.7 Å². The maximum atomic E-state index is 13.3. The van der Waals surface area contributed by atoms with Crippen LogP contribution in [0.4, 0.5) is 5.69 Å². The Hall–Kier alpha value is -3.30. The lowest BCUT2D eigenvalue weighted by atomic mass is 9.93. The van der Waals surface area contributed by atoms with Gasteiger partial charge in [0, 0.05) is 24.1 Å². The summed E-state index contributed by atoms with van der Waals surface area (Å²) < 4.78 is 26.9. The van der Waals surface area contributed by atoms with Gasteiger partial charge in [-0.25, -0.2) is 4.79 Å². The van der Waals surface area contributed by atoms with Crippen molar-refractivity contribution in [3.8, 4) is 17.2 Å². The van der Waals surface area contributed by atoms with E-state index in [9.17, 15) is 4.79 Å². The molecule has 2 aromatic rings. The first-order valence-electron chi connectivity index (χ1n) is 10.3. The quantitative estimate of drug-likeness (QED) is 0.334. The van der Waals surface area contributed by atoms with Crippen LogP contribution in [0.2, 0.25) is 0 Å². The number of hydrogen-bond acceptors (Lipinski definition) is 7. The van der Waals surface area contributed by atoms with E-state index in [1.54, 1.807) is 39.4 Å². The SMILES string of the molecule is COCCOC(=O)C1=C(C)N(c2ccc(OC)cc2)C(=S)NC1c1cccc(OC)c1OC. The van der Waals surface area contributed by atoms with Gasteiger partial charge in [0.2, 0.25) is 0 Å². The van der Waals surface area contributed by atoms with Gasteiger partial charge >= 0.3 is 5.97 Å². The topological polar surface area (TPSA) is 78.5 Å². The predicted molar refractivity (Wildman–Crippen MR) is 129 cm³/mol. The van der Waals surface area contributed by atoms with Crippen LogP contribution in [0.15, 0.2) is 53.7 Å². The van der Waals surface area contributed by atoms with E-state index in [4.69, 9.17) is 35.9 Å². The highest BCUT2D eigenvalue weighted by molar-refractivity contribution is 7.80. The van der Waals surface area contributed by atoms with Crippen LogP contribution >= 0.6 is 12.2 Å². The van der Waals surface area contributed by atoms with Crippen molar-refractivity contribution in [2.75, 3.05) is 46.6 Å². The first kappa shape index (κ1) is 24.3. The zero-order valence-corrected chi connectivity index (χ0v) is 20.2. The third-order valence-electron chi connectivity index (χ3n) is 5.30. The molecule has 0 spiro atoms. The fourth-order valence-electron chi connectivity index (χ4n) is 3.72. The first-order chi connectivity index (χ1) is 16.0. The molecule has 1 heterocycles. The molecule has 0 aromatic heterocycles. The second-order valence-corrected chi connectivity index (χ2v) is 7.51. The van der Waals surface area contributed by atoms with Gasteiger partial charge in [0.25, 0.3) is 0 Å². The number of rotatable bonds is 9. The second-order valence-electron chi connectivity index (χ2n) is 7.13. The highest BCUT2D eigenvalue weighted by Gasteiger charge is 2.37. The molecule has 0 bridgehead atoms. The number of methoxy groups -OCH3 is 4. The minimum absolute atomic E-state index is 0.126. The molecular formula is C24H28N2O6S. The molecule has 1 atom stereocenters. The number of anilines is 1. The fourth-order valence-corrected chi connectivity index (χ4v) is 4.08. The molecule has 1 unspecified atom stereocenters. The number of ether oxygens (including phenoxy) is 5. The Balaban J connectivity index is 2.13. The molecule has 0 radical (unpaired) electrons. The monoisotopic (exact) mass is 472 g/mol. The molecular weight excluding hydrogens is 444 g/mol. The predicted octanol–water partition coefficient (Wildman–Crippen LogP) is 3.61. The maximum absolute atomic E-state index is 13.3. The van der Waals surface area contributed by atoms with Crippen molar-refractivity contribution in [3.63, 3.8) is 0 Å². The van der Waals surface area contributed by atoms with Crippen LogP contribution in [0.25, 0.3) is 0 Å². The van der Waals surface area contributed by atoms with Gasteiger partial charge in [0.1, 0.15) is 12.4 Å². The normalized spacial score (nSPS) is 15.7. The van der Waals surface area contributed by atoms with Crippen molar-refractivity contribution in [3.05, 3.63) is 59.3 Å². The van der Waals surface area contributed by atoms with Gasteiger partial charge in [0.15, 0.2) is 16.6 Å². The lowest BCUT2D eigenvalue weighted by molar-refractivity contribution is -0.140. The Labute approximate surface area is 199 Å². The molecule has 0 amide bonds. The molecule has 0 saturated carbocycles. The number of nitrogens with zero attached hydrogens (tertiary/aromatic N) is 1. The zero-order valence-electron chi connectivity index (χ0n) is 19.3. The van der Waals surface area contributed by atoms with Crippen LogP contribution in [0, 0.1) is 0 Å². The van der Waals surface area contributed by atoms with Gasteiger partial charge in [-0.15, -0.1) is 0 Å². The number of thiocarbonyl (C=S) groups is 1. The van der Waals surface area contributed by atoms with E-state index in [2.05, 4.69) is 5.32 Å². The van der Waals surface area contributed by atoms with Crippen molar-refractivity contribution >= 4 is 29.0 Å². The number of carbonyl (C=O) groups excluding carboxylic acids is 1. The van der Waals surface area contributed by atoms with Crippen molar-refractivity contribution in [1.29, 1.82) is 0 Å². The summed E-state index contributed by atoms with van der Waals surface area (Å²) in [5, 5.41) is 3.72. The molecule has 1 aliphatic rings. The average molecular weight is 473 g/mol. The summed E-state index contributed by atoms with van der Waals surface area (Å²) >= 11 is 5.72. The van der Waals surface area contributed by atoms with Gasteiger partial charge in [-0.3, -0.25) is 4.90 Å². The Kier molecular flexibility index (Phi) is 8.13. The minimum Gasteiger partial charge on any atom is -0.497 e. The van der Waals surface area contributed by atoms with Gasteiger partial charge in [-0.1, -0.05) is 12.1 Å². The summed E-state index contributed by atoms with van der Waals surface area (Å²) in [6.45, 7) is 2.25. The van der Waals surface area contributed by atoms with E-state index >= 15 is 0 Å². The molecule has 1 aliphatic heterocycles. The number of carbonyl (C=O) groups is 1. The smallest absolute Gasteiger partial charge is 0.338 e. The van der Waals surface area contributed by atoms with E-state index < -0.39 is 12.0 Å². The Bertz CT molecular complexity index is 1040. The van der Waals surface area contributed by atoms with Crippen molar-refractivity contribution in [2.45, 2.75) is 13.0 Å². The van der Waals surface area contributed by atoms with E-state index in [-0.39, 0.29) is 6.61 Å². The molecule has 3 rings (SSSR count). The standard InChI is InChI=1S/C24H28N2O6S/c1-15-20(23(27)32-14-13-28-2)21(18-7-6-8-19(30-4)22(18)31-5)25-24(33)26(15)16-9-11-17(29-3)12-10-16/h6-12,21H,13-14H2,1-5H3,(H,25,33). The number of nitrogens with one attached hydrogen (secondary N) is 1. The molecule has 0 aliphatic carbocycles. The Morgan fingerprint density at radius 1 is 1.00 bits per heavy atom. The molecule has 1 N–H and O–H groups in total. The highest BCUT2D eigenvalue weighted by atomic mass is 32.1. The first-order valence-corrected chi connectivity index (χ1v) is 10.7. The highest BCUT2D eigenvalue weighted by Crippen LogP contribution is 2.41. The molecule has 2 aromatic carbocycles. The number of benzene rings is 2. The average Bonchev–Trinajstić information content (AvgIpc) is 2.83. The molecule has 0 fully saturated rings. The van der Waals surface area contributed by atoms with Gasteiger partial charge in [-0.05, 0) is 49.5 Å². The summed E-state index contributed by atoms with van der Waals surface area (Å²) in [6, 6.07) is 12.3. The molecule has 8 nitrogen and oxygen atoms in total. The summed E-state index contributed by atoms with van der Waals surface area (Å²) in [5.74, 6) is 1.29. The summed E-state index contributed by atoms with van der Waals surface area (Å²) in [5.41, 5.74) is 2.53. The third-order valence-corrected chi connectivity index (χ3v) is 5.60. The largest absolute Gasteiger partial charge is 0.497 e. The van der Waals surface area contributed by atoms with E-state index in [0.717, 1.165) is 11.4 Å². The molecule has 0 saturated heterocycles. The summed E-state index contributed by atoms with van der Waals surface area (Å²) in [7, 11) is 6.27. The molecule has 33 heavy (non-hydrogen) atoms. The van der Waals surface area contributed by atoms with Crippen LogP contribution < -0.4 is 24.4 Å². The van der Waals surface area contributed by atoms with Gasteiger partial charge in [-0.2, -0.15) is 0 Å². The lowest BCUT2D eigenvalue weighted by Crippen LogP contribution is -2.48. The fraction of sp³-hybridized carbons (Fsp3) is 0.333. The lowest BCUT2D eigenvalue weighted by Gasteiger charge is -2.38. The Morgan fingerprint density at radius 3 is 2.33 bits per heavy atom. The maximum Gasteiger partial charge on any atom is 0.338 e. The van der Waals surface area contributed by atoms with Gasteiger partial charge in [0.05, 0.1) is 39.6 Å². The van der Waals surface area contributed by atoms with Crippen molar-refractivity contribution in [1.82, 2.24) is 5.32 Å². The number of para-hydroxylation sites is 1. The van der Waals surface area contributed by atoms with Crippen molar-refractivity contribution < 1.29 is 28.5 Å². The molecule has 9 heteroatoms. The van der Waals surface area contributed by atoms with E-state index in [1.165, 1.54) is 0 Å². The summed E-state index contributed by atoms with van der Waals surface area (Å²) in [6.07, 6.45) is 0. The van der Waals surface area contributed by atoms with Crippen molar-refractivity contribution in [2.24, 2.45) is 0 Å². The van der Waals surface area contributed by atoms with Crippen LogP contribution in [-0.2, 0) is 14.3 Å². The van der Waals surface area contributed by atoms with E-state index in [1.807, 2.05) is 43.3 Å². The third kappa shape index (κ3) is 5.04. The summed E-state index contributed by atoms with van der Waals surface area (Å²) in [4.78, 5) is 15.1. The van der Waals surface area contributed by atoms with E-state index in [0.29, 0.717) is 40.1 Å². The minimum atomic E-state index is -0.605. The van der Waals surface area contributed by atoms with Crippen LogP contribution in [0.3, 0.4) is 0 Å². The van der Waals surface area contributed by atoms with Crippen LogP contribution in [0.5, 0.6) is 17.2 Å². The molecule has 176 valence electrons. The van der Waals surface area contributed by atoms with Crippen LogP contribution in [0.1, 0.15) is 18.5 Å².